The number of nitrogens with one attached hydrogen (secondary N) is 1. The Bertz CT molecular complexity index is 767. The lowest BCUT2D eigenvalue weighted by molar-refractivity contribution is -0.138. The second kappa shape index (κ2) is 8.06. The number of carbonyl (C=O) groups excluding carboxylic acids is 2. The summed E-state index contributed by atoms with van der Waals surface area (Å²) < 4.78 is 4.99. The van der Waals surface area contributed by atoms with Gasteiger partial charge in [-0.15, -0.1) is 0 Å². The van der Waals surface area contributed by atoms with Gasteiger partial charge in [0, 0.05) is 17.6 Å². The second-order valence-electron chi connectivity index (χ2n) is 5.22. The maximum atomic E-state index is 12.7. The van der Waals surface area contributed by atoms with E-state index in [4.69, 9.17) is 4.74 Å². The van der Waals surface area contributed by atoms with Gasteiger partial charge in [0.25, 0.3) is 0 Å². The second-order valence-corrected chi connectivity index (χ2v) is 5.22. The van der Waals surface area contributed by atoms with Crippen molar-refractivity contribution in [2.45, 2.75) is 20.8 Å². The topological polar surface area (TPSA) is 68.3 Å². The minimum atomic E-state index is -0.675. The van der Waals surface area contributed by atoms with Gasteiger partial charge in [-0.2, -0.15) is 0 Å². The van der Waals surface area contributed by atoms with E-state index >= 15 is 0 Å². The number of nitrogens with zero attached hydrogens (tertiary/aromatic N) is 1. The van der Waals surface area contributed by atoms with Crippen LogP contribution in [0.1, 0.15) is 28.7 Å². The van der Waals surface area contributed by atoms with Gasteiger partial charge in [0.2, 0.25) is 5.78 Å². The molecule has 0 saturated heterocycles. The third-order valence-electron chi connectivity index (χ3n) is 3.48. The minimum absolute atomic E-state index is 0.0866. The zero-order chi connectivity index (χ0) is 17.5. The smallest absolute Gasteiger partial charge is 0.343 e. The SMILES string of the molecule is CCOC(=O)/C(=C\Nc1ccccc1)C(=O)c1ccc(C)c(C)n1. The first-order valence-corrected chi connectivity index (χ1v) is 7.70. The van der Waals surface area contributed by atoms with Crippen LogP contribution in [-0.4, -0.2) is 23.3 Å². The van der Waals surface area contributed by atoms with Crippen LogP contribution in [0, 0.1) is 13.8 Å². The quantitative estimate of drug-likeness (QED) is 0.290. The van der Waals surface area contributed by atoms with Crippen molar-refractivity contribution >= 4 is 17.4 Å². The van der Waals surface area contributed by atoms with E-state index in [-0.39, 0.29) is 17.9 Å². The summed E-state index contributed by atoms with van der Waals surface area (Å²) in [6, 6.07) is 12.7. The van der Waals surface area contributed by atoms with E-state index in [1.54, 1.807) is 13.0 Å². The molecule has 0 unspecified atom stereocenters. The van der Waals surface area contributed by atoms with Gasteiger partial charge in [-0.1, -0.05) is 24.3 Å². The molecule has 5 heteroatoms. The van der Waals surface area contributed by atoms with Crippen LogP contribution in [0.25, 0.3) is 0 Å². The summed E-state index contributed by atoms with van der Waals surface area (Å²) >= 11 is 0. The van der Waals surface area contributed by atoms with E-state index in [1.165, 1.54) is 6.20 Å². The number of anilines is 1. The highest BCUT2D eigenvalue weighted by Crippen LogP contribution is 2.13. The summed E-state index contributed by atoms with van der Waals surface area (Å²) in [5.74, 6) is -1.15. The Hall–Kier alpha value is -2.95. The number of hydrogen-bond acceptors (Lipinski definition) is 5. The van der Waals surface area contributed by atoms with Gasteiger partial charge in [0.1, 0.15) is 11.3 Å². The maximum absolute atomic E-state index is 12.7. The zero-order valence-electron chi connectivity index (χ0n) is 14.0. The molecule has 2 aromatic rings. The van der Waals surface area contributed by atoms with E-state index in [0.29, 0.717) is 0 Å². The summed E-state index contributed by atoms with van der Waals surface area (Å²) in [6.45, 7) is 5.62. The summed E-state index contributed by atoms with van der Waals surface area (Å²) in [7, 11) is 0. The lowest BCUT2D eigenvalue weighted by atomic mass is 10.1. The van der Waals surface area contributed by atoms with Crippen molar-refractivity contribution < 1.29 is 14.3 Å². The van der Waals surface area contributed by atoms with E-state index < -0.39 is 11.8 Å². The molecule has 124 valence electrons. The highest BCUT2D eigenvalue weighted by molar-refractivity contribution is 6.23. The molecule has 0 radical (unpaired) electrons. The van der Waals surface area contributed by atoms with Crippen LogP contribution in [0.3, 0.4) is 0 Å². The molecular formula is C19H20N2O3. The maximum Gasteiger partial charge on any atom is 0.343 e. The molecule has 2 rings (SSSR count). The Morgan fingerprint density at radius 3 is 2.46 bits per heavy atom. The normalized spacial score (nSPS) is 11.0. The van der Waals surface area contributed by atoms with E-state index in [0.717, 1.165) is 16.9 Å². The minimum Gasteiger partial charge on any atom is -0.462 e. The van der Waals surface area contributed by atoms with Crippen molar-refractivity contribution in [1.82, 2.24) is 4.98 Å². The molecule has 0 fully saturated rings. The predicted molar refractivity (Wildman–Crippen MR) is 92.8 cm³/mol. The van der Waals surface area contributed by atoms with Crippen molar-refractivity contribution in [3.63, 3.8) is 0 Å². The third-order valence-corrected chi connectivity index (χ3v) is 3.48. The number of hydrogen-bond donors (Lipinski definition) is 1. The Balaban J connectivity index is 2.32. The van der Waals surface area contributed by atoms with E-state index in [1.807, 2.05) is 50.2 Å². The van der Waals surface area contributed by atoms with Crippen molar-refractivity contribution in [2.75, 3.05) is 11.9 Å². The van der Waals surface area contributed by atoms with Crippen molar-refractivity contribution in [3.8, 4) is 0 Å². The number of pyridine rings is 1. The number of ether oxygens (including phenoxy) is 1. The zero-order valence-corrected chi connectivity index (χ0v) is 14.0. The summed E-state index contributed by atoms with van der Waals surface area (Å²) in [5.41, 5.74) is 2.62. The van der Waals surface area contributed by atoms with Crippen LogP contribution in [0.4, 0.5) is 5.69 Å². The average molecular weight is 324 g/mol. The summed E-state index contributed by atoms with van der Waals surface area (Å²) in [4.78, 5) is 29.1. The Morgan fingerprint density at radius 1 is 1.12 bits per heavy atom. The number of para-hydroxylation sites is 1. The highest BCUT2D eigenvalue weighted by atomic mass is 16.5. The molecule has 24 heavy (non-hydrogen) atoms. The molecule has 0 aliphatic heterocycles. The molecule has 0 atom stereocenters. The molecule has 1 N–H and O–H groups in total. The van der Waals surface area contributed by atoms with Crippen LogP contribution in [-0.2, 0) is 9.53 Å². The molecule has 1 heterocycles. The van der Waals surface area contributed by atoms with Gasteiger partial charge in [-0.3, -0.25) is 4.79 Å². The number of aryl methyl sites for hydroxylation is 2. The van der Waals surface area contributed by atoms with Gasteiger partial charge in [0.05, 0.1) is 6.61 Å². The molecule has 1 aromatic carbocycles. The van der Waals surface area contributed by atoms with Gasteiger partial charge in [-0.25, -0.2) is 9.78 Å². The van der Waals surface area contributed by atoms with E-state index in [2.05, 4.69) is 10.3 Å². The van der Waals surface area contributed by atoms with Crippen molar-refractivity contribution in [3.05, 3.63) is 71.2 Å². The van der Waals surface area contributed by atoms with Gasteiger partial charge in [-0.05, 0) is 44.5 Å². The third kappa shape index (κ3) is 4.29. The van der Waals surface area contributed by atoms with Crippen LogP contribution < -0.4 is 5.32 Å². The largest absolute Gasteiger partial charge is 0.462 e. The van der Waals surface area contributed by atoms with Crippen LogP contribution >= 0.6 is 0 Å². The highest BCUT2D eigenvalue weighted by Gasteiger charge is 2.22. The molecule has 0 bridgehead atoms. The molecule has 0 aliphatic carbocycles. The lowest BCUT2D eigenvalue weighted by Gasteiger charge is -2.08. The Labute approximate surface area is 141 Å². The van der Waals surface area contributed by atoms with Crippen molar-refractivity contribution in [2.24, 2.45) is 0 Å². The first-order chi connectivity index (χ1) is 11.5. The van der Waals surface area contributed by atoms with Crippen LogP contribution in [0.15, 0.2) is 54.2 Å². The first kappa shape index (κ1) is 17.4. The van der Waals surface area contributed by atoms with Crippen molar-refractivity contribution in [1.29, 1.82) is 0 Å². The van der Waals surface area contributed by atoms with Crippen LogP contribution in [0.5, 0.6) is 0 Å². The number of benzene rings is 1. The number of rotatable bonds is 6. The average Bonchev–Trinajstić information content (AvgIpc) is 2.58. The van der Waals surface area contributed by atoms with Gasteiger partial charge < -0.3 is 10.1 Å². The Kier molecular flexibility index (Phi) is 5.84. The fourth-order valence-corrected chi connectivity index (χ4v) is 2.01. The molecule has 5 nitrogen and oxygen atoms in total. The van der Waals surface area contributed by atoms with E-state index in [9.17, 15) is 9.59 Å². The number of aromatic nitrogens is 1. The number of esters is 1. The summed E-state index contributed by atoms with van der Waals surface area (Å²) in [5, 5.41) is 2.95. The number of carbonyl (C=O) groups is 2. The first-order valence-electron chi connectivity index (χ1n) is 7.70. The molecule has 1 aromatic heterocycles. The Morgan fingerprint density at radius 2 is 1.83 bits per heavy atom. The van der Waals surface area contributed by atoms with Gasteiger partial charge >= 0.3 is 5.97 Å². The molecular weight excluding hydrogens is 304 g/mol. The monoisotopic (exact) mass is 324 g/mol. The molecule has 0 aliphatic rings. The lowest BCUT2D eigenvalue weighted by Crippen LogP contribution is -2.19. The molecule has 0 amide bonds. The van der Waals surface area contributed by atoms with Crippen LogP contribution in [0.2, 0.25) is 0 Å². The fourth-order valence-electron chi connectivity index (χ4n) is 2.01. The summed E-state index contributed by atoms with van der Waals surface area (Å²) in [6.07, 6.45) is 1.37. The number of Topliss-reactive ketones (excluding diaryl/α,β-unsaturated/α-hetero) is 1. The van der Waals surface area contributed by atoms with Gasteiger partial charge in [0.15, 0.2) is 0 Å². The number of ketones is 1. The standard InChI is InChI=1S/C19H20N2O3/c1-4-24-19(23)16(12-20-15-8-6-5-7-9-15)18(22)17-11-10-13(2)14(3)21-17/h5-12,20H,4H2,1-3H3/b16-12-. The molecule has 0 spiro atoms. The molecule has 0 saturated carbocycles. The fraction of sp³-hybridized carbons (Fsp3) is 0.211. The predicted octanol–water partition coefficient (Wildman–Crippen LogP) is 3.44.